The molecule has 0 spiro atoms. The number of hydrogen-bond donors (Lipinski definition) is 2. The molecule has 26 heavy (non-hydrogen) atoms. The first kappa shape index (κ1) is 16.5. The summed E-state index contributed by atoms with van der Waals surface area (Å²) in [6.45, 7) is 1.87. The van der Waals surface area contributed by atoms with Crippen LogP contribution in [-0.2, 0) is 0 Å². The van der Waals surface area contributed by atoms with Gasteiger partial charge in [0.15, 0.2) is 5.69 Å². The van der Waals surface area contributed by atoms with Gasteiger partial charge in [-0.05, 0) is 37.3 Å². The standard InChI is InChI=1S/C18H15BrN6O/c1-11(17-21-14-7-2-3-8-15(14)22-17)20-18(26)16-10-25(24-23-16)13-6-4-5-12(19)9-13/h2-11H,1H3,(H,20,26)(H,21,22)/t11-/m1/s1. The summed E-state index contributed by atoms with van der Waals surface area (Å²) in [4.78, 5) is 20.2. The fraction of sp³-hybridized carbons (Fsp3) is 0.111. The van der Waals surface area contributed by atoms with Crippen LogP contribution in [0.25, 0.3) is 16.7 Å². The van der Waals surface area contributed by atoms with Crippen LogP contribution in [0.3, 0.4) is 0 Å². The number of H-pyrrole nitrogens is 1. The number of imidazole rings is 1. The molecular weight excluding hydrogens is 396 g/mol. The predicted octanol–water partition coefficient (Wildman–Crippen LogP) is 3.40. The quantitative estimate of drug-likeness (QED) is 0.539. The molecule has 0 radical (unpaired) electrons. The second-order valence-corrected chi connectivity index (χ2v) is 6.78. The second-order valence-electron chi connectivity index (χ2n) is 5.86. The van der Waals surface area contributed by atoms with Gasteiger partial charge in [-0.3, -0.25) is 4.79 Å². The summed E-state index contributed by atoms with van der Waals surface area (Å²) in [6.07, 6.45) is 1.60. The number of benzene rings is 2. The van der Waals surface area contributed by atoms with Crippen molar-refractivity contribution in [3.63, 3.8) is 0 Å². The van der Waals surface area contributed by atoms with Crippen molar-refractivity contribution in [2.75, 3.05) is 0 Å². The third-order valence-electron chi connectivity index (χ3n) is 3.96. The zero-order valence-electron chi connectivity index (χ0n) is 13.8. The Morgan fingerprint density at radius 2 is 2.08 bits per heavy atom. The van der Waals surface area contributed by atoms with Gasteiger partial charge in [0.1, 0.15) is 5.82 Å². The van der Waals surface area contributed by atoms with Gasteiger partial charge in [0.05, 0.1) is 29.0 Å². The Hall–Kier alpha value is -3.00. The molecule has 0 unspecified atom stereocenters. The zero-order valence-corrected chi connectivity index (χ0v) is 15.4. The minimum Gasteiger partial charge on any atom is -0.341 e. The molecule has 2 aromatic carbocycles. The van der Waals surface area contributed by atoms with Crippen LogP contribution in [-0.4, -0.2) is 30.9 Å². The van der Waals surface area contributed by atoms with Crippen molar-refractivity contribution in [1.29, 1.82) is 0 Å². The summed E-state index contributed by atoms with van der Waals surface area (Å²) in [6, 6.07) is 15.0. The molecule has 0 saturated carbocycles. The minimum atomic E-state index is -0.306. The number of aromatic nitrogens is 5. The average Bonchev–Trinajstić information content (AvgIpc) is 3.29. The molecular formula is C18H15BrN6O. The fourth-order valence-corrected chi connectivity index (χ4v) is 3.02. The number of nitrogens with zero attached hydrogens (tertiary/aromatic N) is 4. The molecule has 0 aliphatic rings. The summed E-state index contributed by atoms with van der Waals surface area (Å²) in [5.74, 6) is 0.387. The van der Waals surface area contributed by atoms with E-state index < -0.39 is 0 Å². The molecule has 2 aromatic heterocycles. The molecule has 0 aliphatic heterocycles. The average molecular weight is 411 g/mol. The van der Waals surface area contributed by atoms with Gasteiger partial charge in [0, 0.05) is 4.47 Å². The number of rotatable bonds is 4. The summed E-state index contributed by atoms with van der Waals surface area (Å²) in [5, 5.41) is 10.9. The Balaban J connectivity index is 1.51. The van der Waals surface area contributed by atoms with Crippen LogP contribution in [0.2, 0.25) is 0 Å². The lowest BCUT2D eigenvalue weighted by Gasteiger charge is -2.09. The van der Waals surface area contributed by atoms with E-state index in [0.717, 1.165) is 21.2 Å². The number of fused-ring (bicyclic) bond motifs is 1. The molecule has 130 valence electrons. The van der Waals surface area contributed by atoms with Crippen molar-refractivity contribution >= 4 is 32.9 Å². The summed E-state index contributed by atoms with van der Waals surface area (Å²) in [5.41, 5.74) is 2.86. The van der Waals surface area contributed by atoms with E-state index in [1.54, 1.807) is 10.9 Å². The molecule has 8 heteroatoms. The van der Waals surface area contributed by atoms with Crippen LogP contribution < -0.4 is 5.32 Å². The Kier molecular flexibility index (Phi) is 4.26. The van der Waals surface area contributed by atoms with Crippen molar-refractivity contribution in [2.45, 2.75) is 13.0 Å². The second kappa shape index (κ2) is 6.72. The number of nitrogens with one attached hydrogen (secondary N) is 2. The molecule has 2 heterocycles. The zero-order chi connectivity index (χ0) is 18.1. The lowest BCUT2D eigenvalue weighted by molar-refractivity contribution is 0.0933. The maximum Gasteiger partial charge on any atom is 0.274 e. The van der Waals surface area contributed by atoms with Gasteiger partial charge in [-0.25, -0.2) is 9.67 Å². The van der Waals surface area contributed by atoms with Crippen LogP contribution >= 0.6 is 15.9 Å². The van der Waals surface area contributed by atoms with E-state index in [1.807, 2.05) is 55.5 Å². The predicted molar refractivity (Wildman–Crippen MR) is 101 cm³/mol. The van der Waals surface area contributed by atoms with Gasteiger partial charge in [-0.1, -0.05) is 39.3 Å². The van der Waals surface area contributed by atoms with Gasteiger partial charge in [-0.15, -0.1) is 5.10 Å². The van der Waals surface area contributed by atoms with Crippen LogP contribution in [0, 0.1) is 0 Å². The third-order valence-corrected chi connectivity index (χ3v) is 4.46. The number of hydrogen-bond acceptors (Lipinski definition) is 4. The van der Waals surface area contributed by atoms with Gasteiger partial charge in [0.25, 0.3) is 5.91 Å². The van der Waals surface area contributed by atoms with Crippen LogP contribution in [0.4, 0.5) is 0 Å². The largest absolute Gasteiger partial charge is 0.341 e. The van der Waals surface area contributed by atoms with E-state index in [4.69, 9.17) is 0 Å². The van der Waals surface area contributed by atoms with Crippen molar-refractivity contribution in [2.24, 2.45) is 0 Å². The van der Waals surface area contributed by atoms with Crippen molar-refractivity contribution in [1.82, 2.24) is 30.3 Å². The monoisotopic (exact) mass is 410 g/mol. The first-order valence-electron chi connectivity index (χ1n) is 8.04. The molecule has 4 aromatic rings. The van der Waals surface area contributed by atoms with Gasteiger partial charge in [-0.2, -0.15) is 0 Å². The highest BCUT2D eigenvalue weighted by Crippen LogP contribution is 2.17. The van der Waals surface area contributed by atoms with Crippen LogP contribution in [0.1, 0.15) is 29.3 Å². The molecule has 7 nitrogen and oxygen atoms in total. The maximum atomic E-state index is 12.5. The number of carbonyl (C=O) groups is 1. The maximum absolute atomic E-state index is 12.5. The molecule has 2 N–H and O–H groups in total. The molecule has 0 fully saturated rings. The number of amides is 1. The first-order chi connectivity index (χ1) is 12.6. The summed E-state index contributed by atoms with van der Waals surface area (Å²) in [7, 11) is 0. The molecule has 1 amide bonds. The van der Waals surface area contributed by atoms with E-state index in [1.165, 1.54) is 0 Å². The molecule has 0 saturated heterocycles. The van der Waals surface area contributed by atoms with E-state index in [0.29, 0.717) is 5.82 Å². The Morgan fingerprint density at radius 1 is 1.23 bits per heavy atom. The third kappa shape index (κ3) is 3.23. The highest BCUT2D eigenvalue weighted by Gasteiger charge is 2.17. The Labute approximate surface area is 157 Å². The van der Waals surface area contributed by atoms with Gasteiger partial charge in [0.2, 0.25) is 0 Å². The molecule has 4 rings (SSSR count). The Morgan fingerprint density at radius 3 is 2.88 bits per heavy atom. The molecule has 0 aliphatic carbocycles. The van der Waals surface area contributed by atoms with E-state index in [9.17, 15) is 4.79 Å². The number of aromatic amines is 1. The van der Waals surface area contributed by atoms with E-state index >= 15 is 0 Å². The van der Waals surface area contributed by atoms with Crippen molar-refractivity contribution in [3.8, 4) is 5.69 Å². The van der Waals surface area contributed by atoms with Crippen molar-refractivity contribution < 1.29 is 4.79 Å². The highest BCUT2D eigenvalue weighted by molar-refractivity contribution is 9.10. The van der Waals surface area contributed by atoms with Gasteiger partial charge < -0.3 is 10.3 Å². The molecule has 0 bridgehead atoms. The van der Waals surface area contributed by atoms with E-state index in [-0.39, 0.29) is 17.6 Å². The lowest BCUT2D eigenvalue weighted by atomic mass is 10.3. The summed E-state index contributed by atoms with van der Waals surface area (Å²) >= 11 is 3.42. The number of para-hydroxylation sites is 2. The first-order valence-corrected chi connectivity index (χ1v) is 8.83. The smallest absolute Gasteiger partial charge is 0.274 e. The Bertz CT molecular complexity index is 1050. The minimum absolute atomic E-state index is 0.243. The fourth-order valence-electron chi connectivity index (χ4n) is 2.63. The lowest BCUT2D eigenvalue weighted by Crippen LogP contribution is -2.27. The number of carbonyl (C=O) groups excluding carboxylic acids is 1. The van der Waals surface area contributed by atoms with Crippen LogP contribution in [0.15, 0.2) is 59.2 Å². The SMILES string of the molecule is C[C@@H](NC(=O)c1cn(-c2cccc(Br)c2)nn1)c1nc2ccccc2[nH]1. The van der Waals surface area contributed by atoms with Crippen LogP contribution in [0.5, 0.6) is 0 Å². The normalized spacial score (nSPS) is 12.2. The summed E-state index contributed by atoms with van der Waals surface area (Å²) < 4.78 is 2.49. The topological polar surface area (TPSA) is 88.5 Å². The van der Waals surface area contributed by atoms with Crippen molar-refractivity contribution in [3.05, 3.63) is 70.7 Å². The number of halogens is 1. The molecule has 1 atom stereocenters. The highest BCUT2D eigenvalue weighted by atomic mass is 79.9. The van der Waals surface area contributed by atoms with E-state index in [2.05, 4.69) is 41.5 Å². The van der Waals surface area contributed by atoms with Gasteiger partial charge >= 0.3 is 0 Å².